The van der Waals surface area contributed by atoms with Crippen molar-refractivity contribution >= 4 is 35.9 Å². The molecule has 0 radical (unpaired) electrons. The molecule has 6 aromatic rings. The molecule has 0 heterocycles. The van der Waals surface area contributed by atoms with E-state index < -0.39 is 17.9 Å². The van der Waals surface area contributed by atoms with Crippen LogP contribution < -0.4 is 4.74 Å². The minimum absolute atomic E-state index is 0.147. The highest BCUT2D eigenvalue weighted by molar-refractivity contribution is 6.30. The number of rotatable bonds is 12. The molecule has 6 aromatic carbocycles. The summed E-state index contributed by atoms with van der Waals surface area (Å²) >= 11 is 5.83. The van der Waals surface area contributed by atoms with Crippen molar-refractivity contribution in [2.45, 2.75) is 44.7 Å². The molecule has 6 rings (SSSR count). The first-order chi connectivity index (χ1) is 26.5. The second kappa shape index (κ2) is 19.7. The van der Waals surface area contributed by atoms with E-state index in [1.807, 2.05) is 73.7 Å². The van der Waals surface area contributed by atoms with Gasteiger partial charge in [-0.25, -0.2) is 8.78 Å². The monoisotopic (exact) mass is 764 g/mol. The van der Waals surface area contributed by atoms with Crippen molar-refractivity contribution in [1.82, 2.24) is 0 Å². The highest BCUT2D eigenvalue weighted by atomic mass is 35.5. The van der Waals surface area contributed by atoms with Crippen LogP contribution >= 0.6 is 11.6 Å². The van der Waals surface area contributed by atoms with Crippen molar-refractivity contribution in [2.24, 2.45) is 0 Å². The predicted molar refractivity (Wildman–Crippen MR) is 217 cm³/mol. The summed E-state index contributed by atoms with van der Waals surface area (Å²) in [6.07, 6.45) is 3.19. The van der Waals surface area contributed by atoms with E-state index in [0.717, 1.165) is 28.0 Å². The first-order valence-corrected chi connectivity index (χ1v) is 18.4. The van der Waals surface area contributed by atoms with Gasteiger partial charge in [0.05, 0.1) is 12.5 Å². The molecule has 7 heteroatoms. The molecule has 0 unspecified atom stereocenters. The van der Waals surface area contributed by atoms with E-state index in [-0.39, 0.29) is 23.7 Å². The number of alkyl halides is 3. The fraction of sp³-hybridized carbons (Fsp3) is 0.167. The van der Waals surface area contributed by atoms with Gasteiger partial charge in [0, 0.05) is 10.6 Å². The Kier molecular flexibility index (Phi) is 14.6. The Morgan fingerprint density at radius 1 is 0.600 bits per heavy atom. The molecule has 0 N–H and O–H groups in total. The van der Waals surface area contributed by atoms with Gasteiger partial charge >= 0.3 is 6.18 Å². The van der Waals surface area contributed by atoms with E-state index in [4.69, 9.17) is 16.3 Å². The van der Waals surface area contributed by atoms with E-state index in [2.05, 4.69) is 19.1 Å². The van der Waals surface area contributed by atoms with Gasteiger partial charge in [-0.2, -0.15) is 13.2 Å². The van der Waals surface area contributed by atoms with Gasteiger partial charge in [-0.05, 0) is 101 Å². The maximum absolute atomic E-state index is 14.5. The van der Waals surface area contributed by atoms with Gasteiger partial charge < -0.3 is 4.74 Å². The van der Waals surface area contributed by atoms with Crippen molar-refractivity contribution in [3.63, 3.8) is 0 Å². The van der Waals surface area contributed by atoms with Gasteiger partial charge in [0.1, 0.15) is 17.4 Å². The average molecular weight is 765 g/mol. The average Bonchev–Trinajstić information content (AvgIpc) is 3.18. The zero-order valence-electron chi connectivity index (χ0n) is 30.6. The molecule has 0 saturated heterocycles. The van der Waals surface area contributed by atoms with Gasteiger partial charge in [-0.15, -0.1) is 0 Å². The van der Waals surface area contributed by atoms with Crippen LogP contribution in [0.2, 0.25) is 5.02 Å². The molecular weight excluding hydrogens is 723 g/mol. The van der Waals surface area contributed by atoms with Crippen molar-refractivity contribution < 1.29 is 26.7 Å². The van der Waals surface area contributed by atoms with E-state index in [1.165, 1.54) is 35.9 Å². The topological polar surface area (TPSA) is 9.23 Å². The first kappa shape index (κ1) is 40.7. The van der Waals surface area contributed by atoms with Crippen LogP contribution in [-0.2, 0) is 12.8 Å². The Morgan fingerprint density at radius 3 is 1.75 bits per heavy atom. The number of benzene rings is 6. The minimum Gasteiger partial charge on any atom is -0.494 e. The molecule has 0 aliphatic carbocycles. The van der Waals surface area contributed by atoms with E-state index in [9.17, 15) is 22.0 Å². The minimum atomic E-state index is -4.41. The third kappa shape index (κ3) is 12.5. The van der Waals surface area contributed by atoms with Gasteiger partial charge in [0.2, 0.25) is 0 Å². The maximum Gasteiger partial charge on any atom is 0.396 e. The Morgan fingerprint density at radius 2 is 1.16 bits per heavy atom. The highest BCUT2D eigenvalue weighted by Crippen LogP contribution is 2.37. The second-order valence-corrected chi connectivity index (χ2v) is 13.6. The SMILES string of the molecule is CCOc1ccc(C=Cc2ccc(C[C@H](C)c3ccccc3)c(F)c2)cc1.Fc1cc(C[C@@H](c2ccccc2)C(F)(F)F)ccc1C=Cc1ccc(Cl)cc1. The summed E-state index contributed by atoms with van der Waals surface area (Å²) in [4.78, 5) is 0. The Balaban J connectivity index is 0.000000211. The maximum atomic E-state index is 14.5. The van der Waals surface area contributed by atoms with Crippen LogP contribution in [-0.4, -0.2) is 12.8 Å². The third-order valence-corrected chi connectivity index (χ3v) is 9.31. The van der Waals surface area contributed by atoms with Gasteiger partial charge in [-0.1, -0.05) is 152 Å². The summed E-state index contributed by atoms with van der Waals surface area (Å²) < 4.78 is 74.9. The fourth-order valence-corrected chi connectivity index (χ4v) is 6.16. The largest absolute Gasteiger partial charge is 0.494 e. The summed E-state index contributed by atoms with van der Waals surface area (Å²) in [6, 6.07) is 42.5. The smallest absolute Gasteiger partial charge is 0.396 e. The van der Waals surface area contributed by atoms with Crippen LogP contribution in [0, 0.1) is 11.6 Å². The molecular formula is C48H42ClF5O. The standard InChI is InChI=1S/C25H25FO.C23H17ClF4/c1-3-27-24-15-12-20(13-16-24)9-10-21-11-14-23(25(26)18-21)17-19(2)22-7-5-4-6-8-22;24-20-12-8-16(9-13-20)6-10-19-11-7-17(15-22(19)25)14-21(23(26,27)28)18-4-2-1-3-5-18/h4-16,18-19H,3,17H2,1-2H3;1-13,15,21H,14H2/t19-;21-/m00/s1. The molecule has 0 aliphatic heterocycles. The van der Waals surface area contributed by atoms with E-state index >= 15 is 0 Å². The van der Waals surface area contributed by atoms with Crippen LogP contribution in [0.25, 0.3) is 24.3 Å². The first-order valence-electron chi connectivity index (χ1n) is 18.1. The Bertz CT molecular complexity index is 2140. The van der Waals surface area contributed by atoms with Crippen molar-refractivity contribution in [3.8, 4) is 5.75 Å². The quantitative estimate of drug-likeness (QED) is 0.0891. The number of hydrogen-bond donors (Lipinski definition) is 0. The van der Waals surface area contributed by atoms with Crippen LogP contribution in [0.1, 0.15) is 70.2 Å². The summed E-state index contributed by atoms with van der Waals surface area (Å²) in [5.74, 6) is -1.24. The lowest BCUT2D eigenvalue weighted by Gasteiger charge is -2.21. The normalized spacial score (nSPS) is 12.7. The Hall–Kier alpha value is -5.46. The zero-order chi connectivity index (χ0) is 39.2. The molecule has 0 aliphatic rings. The number of ether oxygens (including phenoxy) is 1. The lowest BCUT2D eigenvalue weighted by atomic mass is 9.91. The van der Waals surface area contributed by atoms with Gasteiger partial charge in [-0.3, -0.25) is 0 Å². The zero-order valence-corrected chi connectivity index (χ0v) is 31.4. The molecule has 282 valence electrons. The predicted octanol–water partition coefficient (Wildman–Crippen LogP) is 14.3. The van der Waals surface area contributed by atoms with Gasteiger partial charge in [0.25, 0.3) is 0 Å². The molecule has 0 amide bonds. The van der Waals surface area contributed by atoms with Crippen molar-refractivity contribution in [1.29, 1.82) is 0 Å². The van der Waals surface area contributed by atoms with Crippen LogP contribution in [0.4, 0.5) is 22.0 Å². The molecule has 0 fully saturated rings. The highest BCUT2D eigenvalue weighted by Gasteiger charge is 2.40. The van der Waals surface area contributed by atoms with Crippen LogP contribution in [0.15, 0.2) is 146 Å². The summed E-state index contributed by atoms with van der Waals surface area (Å²) in [7, 11) is 0. The van der Waals surface area contributed by atoms with Crippen LogP contribution in [0.3, 0.4) is 0 Å². The fourth-order valence-electron chi connectivity index (χ4n) is 6.03. The summed E-state index contributed by atoms with van der Waals surface area (Å²) in [5.41, 5.74) is 5.52. The number of halogens is 6. The van der Waals surface area contributed by atoms with Crippen molar-refractivity contribution in [3.05, 3.63) is 207 Å². The molecule has 2 atom stereocenters. The molecule has 0 spiro atoms. The third-order valence-electron chi connectivity index (χ3n) is 9.06. The lowest BCUT2D eigenvalue weighted by molar-refractivity contribution is -0.150. The van der Waals surface area contributed by atoms with Crippen molar-refractivity contribution in [2.75, 3.05) is 6.61 Å². The molecule has 0 aromatic heterocycles. The molecule has 1 nitrogen and oxygen atoms in total. The van der Waals surface area contributed by atoms with Crippen LogP contribution in [0.5, 0.6) is 5.75 Å². The summed E-state index contributed by atoms with van der Waals surface area (Å²) in [5, 5.41) is 0.602. The van der Waals surface area contributed by atoms with E-state index in [1.54, 1.807) is 60.7 Å². The molecule has 0 bridgehead atoms. The van der Waals surface area contributed by atoms with E-state index in [0.29, 0.717) is 29.2 Å². The van der Waals surface area contributed by atoms with Gasteiger partial charge in [0.15, 0.2) is 0 Å². The molecule has 0 saturated carbocycles. The molecule has 55 heavy (non-hydrogen) atoms. The second-order valence-electron chi connectivity index (χ2n) is 13.2. The lowest BCUT2D eigenvalue weighted by Crippen LogP contribution is -2.23. The summed E-state index contributed by atoms with van der Waals surface area (Å²) in [6.45, 7) is 4.75. The number of hydrogen-bond acceptors (Lipinski definition) is 1. The Labute approximate surface area is 325 Å².